The topological polar surface area (TPSA) is 12.0 Å². The van der Waals surface area contributed by atoms with E-state index < -0.39 is 0 Å². The Bertz CT molecular complexity index is 289. The van der Waals surface area contributed by atoms with Crippen LogP contribution < -0.4 is 5.32 Å². The molecule has 1 aromatic rings. The first-order chi connectivity index (χ1) is 7.67. The molecule has 0 aliphatic carbocycles. The van der Waals surface area contributed by atoms with E-state index in [1.54, 1.807) is 0 Å². The van der Waals surface area contributed by atoms with Gasteiger partial charge in [0.15, 0.2) is 0 Å². The summed E-state index contributed by atoms with van der Waals surface area (Å²) in [5.74, 6) is 1.41. The molecular weight excluding hydrogens is 194 g/mol. The molecule has 0 aromatic heterocycles. The highest BCUT2D eigenvalue weighted by molar-refractivity contribution is 5.45. The molecule has 0 aliphatic rings. The molecule has 0 spiro atoms. The Morgan fingerprint density at radius 3 is 2.12 bits per heavy atom. The fourth-order valence-electron chi connectivity index (χ4n) is 1.60. The highest BCUT2D eigenvalue weighted by Gasteiger charge is 2.02. The SMILES string of the molecule is CCC(C)CNc1ccc(C(C)CC)cc1. The summed E-state index contributed by atoms with van der Waals surface area (Å²) in [7, 11) is 0. The third kappa shape index (κ3) is 3.88. The Labute approximate surface area is 100 Å². The zero-order valence-corrected chi connectivity index (χ0v) is 11.1. The minimum atomic E-state index is 0.670. The normalized spacial score (nSPS) is 14.5. The first kappa shape index (κ1) is 13.1. The Hall–Kier alpha value is -0.980. The van der Waals surface area contributed by atoms with Crippen LogP contribution in [0.15, 0.2) is 24.3 Å². The van der Waals surface area contributed by atoms with E-state index >= 15 is 0 Å². The molecule has 90 valence electrons. The zero-order valence-electron chi connectivity index (χ0n) is 11.1. The second-order valence-electron chi connectivity index (χ2n) is 4.83. The van der Waals surface area contributed by atoms with Gasteiger partial charge in [-0.1, -0.05) is 46.2 Å². The van der Waals surface area contributed by atoms with Gasteiger partial charge < -0.3 is 5.32 Å². The van der Waals surface area contributed by atoms with Gasteiger partial charge in [-0.2, -0.15) is 0 Å². The van der Waals surface area contributed by atoms with Crippen molar-refractivity contribution in [3.8, 4) is 0 Å². The van der Waals surface area contributed by atoms with Crippen molar-refractivity contribution < 1.29 is 0 Å². The summed E-state index contributed by atoms with van der Waals surface area (Å²) in [6.45, 7) is 10.1. The third-order valence-corrected chi connectivity index (χ3v) is 3.44. The number of hydrogen-bond acceptors (Lipinski definition) is 1. The van der Waals surface area contributed by atoms with Gasteiger partial charge in [-0.05, 0) is 36.0 Å². The van der Waals surface area contributed by atoms with Gasteiger partial charge in [0.1, 0.15) is 0 Å². The molecule has 0 fully saturated rings. The molecule has 0 aliphatic heterocycles. The van der Waals surface area contributed by atoms with Gasteiger partial charge in [0.05, 0.1) is 0 Å². The van der Waals surface area contributed by atoms with Crippen molar-refractivity contribution in [2.75, 3.05) is 11.9 Å². The summed E-state index contributed by atoms with van der Waals surface area (Å²) in [6.07, 6.45) is 2.44. The summed E-state index contributed by atoms with van der Waals surface area (Å²) in [4.78, 5) is 0. The van der Waals surface area contributed by atoms with E-state index in [1.807, 2.05) is 0 Å². The van der Waals surface area contributed by atoms with Crippen LogP contribution in [-0.4, -0.2) is 6.54 Å². The van der Waals surface area contributed by atoms with Crippen LogP contribution in [0.2, 0.25) is 0 Å². The van der Waals surface area contributed by atoms with Crippen molar-refractivity contribution in [1.29, 1.82) is 0 Å². The maximum atomic E-state index is 3.48. The van der Waals surface area contributed by atoms with E-state index in [2.05, 4.69) is 57.3 Å². The number of benzene rings is 1. The lowest BCUT2D eigenvalue weighted by Gasteiger charge is -2.13. The minimum Gasteiger partial charge on any atom is -0.385 e. The predicted molar refractivity (Wildman–Crippen MR) is 73.1 cm³/mol. The molecule has 0 saturated heterocycles. The number of nitrogens with one attached hydrogen (secondary N) is 1. The summed E-state index contributed by atoms with van der Waals surface area (Å²) in [6, 6.07) is 8.88. The van der Waals surface area contributed by atoms with Crippen LogP contribution >= 0.6 is 0 Å². The Morgan fingerprint density at radius 2 is 1.62 bits per heavy atom. The summed E-state index contributed by atoms with van der Waals surface area (Å²) in [5, 5.41) is 3.48. The maximum Gasteiger partial charge on any atom is 0.0340 e. The molecule has 0 bridgehead atoms. The number of anilines is 1. The smallest absolute Gasteiger partial charge is 0.0340 e. The second-order valence-corrected chi connectivity index (χ2v) is 4.83. The molecule has 0 amide bonds. The van der Waals surface area contributed by atoms with E-state index in [1.165, 1.54) is 24.1 Å². The van der Waals surface area contributed by atoms with Crippen LogP contribution in [0.5, 0.6) is 0 Å². The molecule has 2 unspecified atom stereocenters. The fraction of sp³-hybridized carbons (Fsp3) is 0.600. The lowest BCUT2D eigenvalue weighted by Crippen LogP contribution is -2.10. The average Bonchev–Trinajstić information content (AvgIpc) is 2.35. The van der Waals surface area contributed by atoms with E-state index in [-0.39, 0.29) is 0 Å². The van der Waals surface area contributed by atoms with E-state index in [9.17, 15) is 0 Å². The van der Waals surface area contributed by atoms with Crippen molar-refractivity contribution >= 4 is 5.69 Å². The van der Waals surface area contributed by atoms with Gasteiger partial charge in [0.2, 0.25) is 0 Å². The van der Waals surface area contributed by atoms with Crippen LogP contribution in [0.4, 0.5) is 5.69 Å². The molecule has 0 radical (unpaired) electrons. The third-order valence-electron chi connectivity index (χ3n) is 3.44. The van der Waals surface area contributed by atoms with Gasteiger partial charge in [0, 0.05) is 12.2 Å². The van der Waals surface area contributed by atoms with Crippen molar-refractivity contribution in [3.63, 3.8) is 0 Å². The van der Waals surface area contributed by atoms with Crippen molar-refractivity contribution in [3.05, 3.63) is 29.8 Å². The van der Waals surface area contributed by atoms with Crippen LogP contribution in [-0.2, 0) is 0 Å². The lowest BCUT2D eigenvalue weighted by molar-refractivity contribution is 0.593. The standard InChI is InChI=1S/C15H25N/c1-5-12(3)11-16-15-9-7-14(8-10-15)13(4)6-2/h7-10,12-13,16H,5-6,11H2,1-4H3. The number of hydrogen-bond donors (Lipinski definition) is 1. The Kier molecular flexibility index (Phi) is 5.37. The predicted octanol–water partition coefficient (Wildman–Crippen LogP) is 4.66. The van der Waals surface area contributed by atoms with E-state index in [0.717, 1.165) is 12.5 Å². The minimum absolute atomic E-state index is 0.670. The highest BCUT2D eigenvalue weighted by atomic mass is 14.9. The first-order valence-electron chi connectivity index (χ1n) is 6.51. The van der Waals surface area contributed by atoms with Crippen LogP contribution in [0.25, 0.3) is 0 Å². The molecular formula is C15H25N. The molecule has 1 N–H and O–H groups in total. The van der Waals surface area contributed by atoms with Gasteiger partial charge in [-0.15, -0.1) is 0 Å². The van der Waals surface area contributed by atoms with E-state index in [4.69, 9.17) is 0 Å². The lowest BCUT2D eigenvalue weighted by atomic mass is 9.98. The Balaban J connectivity index is 2.51. The van der Waals surface area contributed by atoms with Crippen molar-refractivity contribution in [2.45, 2.75) is 46.5 Å². The van der Waals surface area contributed by atoms with Crippen LogP contribution in [0.1, 0.15) is 52.0 Å². The quantitative estimate of drug-likeness (QED) is 0.734. The molecule has 16 heavy (non-hydrogen) atoms. The molecule has 1 aromatic carbocycles. The first-order valence-corrected chi connectivity index (χ1v) is 6.51. The molecule has 0 heterocycles. The molecule has 2 atom stereocenters. The summed E-state index contributed by atoms with van der Waals surface area (Å²) < 4.78 is 0. The van der Waals surface area contributed by atoms with Gasteiger partial charge in [-0.3, -0.25) is 0 Å². The Morgan fingerprint density at radius 1 is 1.00 bits per heavy atom. The molecule has 0 saturated carbocycles. The van der Waals surface area contributed by atoms with Crippen LogP contribution in [0.3, 0.4) is 0 Å². The summed E-state index contributed by atoms with van der Waals surface area (Å²) in [5.41, 5.74) is 2.68. The second kappa shape index (κ2) is 6.57. The van der Waals surface area contributed by atoms with Gasteiger partial charge in [0.25, 0.3) is 0 Å². The fourth-order valence-corrected chi connectivity index (χ4v) is 1.60. The monoisotopic (exact) mass is 219 g/mol. The molecule has 1 heteroatoms. The van der Waals surface area contributed by atoms with Crippen molar-refractivity contribution in [2.24, 2.45) is 5.92 Å². The molecule has 1 rings (SSSR count). The highest BCUT2D eigenvalue weighted by Crippen LogP contribution is 2.20. The largest absolute Gasteiger partial charge is 0.385 e. The summed E-state index contributed by atoms with van der Waals surface area (Å²) >= 11 is 0. The number of rotatable bonds is 6. The van der Waals surface area contributed by atoms with Gasteiger partial charge in [-0.25, -0.2) is 0 Å². The zero-order chi connectivity index (χ0) is 12.0. The van der Waals surface area contributed by atoms with E-state index in [0.29, 0.717) is 5.92 Å². The van der Waals surface area contributed by atoms with Crippen LogP contribution in [0, 0.1) is 5.92 Å². The average molecular weight is 219 g/mol. The van der Waals surface area contributed by atoms with Gasteiger partial charge >= 0.3 is 0 Å². The maximum absolute atomic E-state index is 3.48. The molecule has 1 nitrogen and oxygen atoms in total. The van der Waals surface area contributed by atoms with Crippen molar-refractivity contribution in [1.82, 2.24) is 0 Å².